The van der Waals surface area contributed by atoms with Gasteiger partial charge in [-0.05, 0) is 42.6 Å². The van der Waals surface area contributed by atoms with E-state index in [1.165, 1.54) is 16.7 Å². The molecule has 21 heavy (non-hydrogen) atoms. The summed E-state index contributed by atoms with van der Waals surface area (Å²) in [6.07, 6.45) is 6.58. The first-order chi connectivity index (χ1) is 9.89. The zero-order valence-corrected chi connectivity index (χ0v) is 14.1. The van der Waals surface area contributed by atoms with Crippen molar-refractivity contribution in [1.29, 1.82) is 0 Å². The summed E-state index contributed by atoms with van der Waals surface area (Å²) in [5.41, 5.74) is 3.50. The van der Waals surface area contributed by atoms with Gasteiger partial charge in [-0.2, -0.15) is 11.8 Å². The summed E-state index contributed by atoms with van der Waals surface area (Å²) in [6, 6.07) is 8.58. The number of thioether (sulfide) groups is 1. The predicted octanol–water partition coefficient (Wildman–Crippen LogP) is 4.15. The van der Waals surface area contributed by atoms with Gasteiger partial charge in [-0.25, -0.2) is 0 Å². The molecule has 4 rings (SSSR count). The van der Waals surface area contributed by atoms with Crippen molar-refractivity contribution in [3.63, 3.8) is 0 Å². The van der Waals surface area contributed by atoms with Crippen molar-refractivity contribution in [2.45, 2.75) is 44.0 Å². The Morgan fingerprint density at radius 2 is 1.95 bits per heavy atom. The van der Waals surface area contributed by atoms with Crippen LogP contribution >= 0.6 is 11.8 Å². The fraction of sp³-hybridized carbons (Fsp3) is 0.579. The maximum atomic E-state index is 12.0. The molecule has 1 aromatic carbocycles. The molecule has 2 bridgehead atoms. The van der Waals surface area contributed by atoms with Crippen LogP contribution in [0.1, 0.15) is 38.3 Å². The molecule has 112 valence electrons. The second kappa shape index (κ2) is 3.97. The molecule has 0 aliphatic heterocycles. The number of hydrogen-bond donors (Lipinski definition) is 1. The van der Waals surface area contributed by atoms with E-state index in [9.17, 15) is 5.11 Å². The second-order valence-corrected chi connectivity index (χ2v) is 8.82. The van der Waals surface area contributed by atoms with Gasteiger partial charge in [-0.15, -0.1) is 0 Å². The summed E-state index contributed by atoms with van der Waals surface area (Å²) in [5, 5.41) is 12.0. The van der Waals surface area contributed by atoms with Gasteiger partial charge in [0.1, 0.15) is 5.60 Å². The molecule has 1 fully saturated rings. The molecule has 0 radical (unpaired) electrons. The highest BCUT2D eigenvalue weighted by molar-refractivity contribution is 8.00. The lowest BCUT2D eigenvalue weighted by Crippen LogP contribution is -2.47. The Morgan fingerprint density at radius 3 is 2.67 bits per heavy atom. The minimum atomic E-state index is -0.689. The largest absolute Gasteiger partial charge is 0.383 e. The van der Waals surface area contributed by atoms with Gasteiger partial charge in [0, 0.05) is 11.8 Å². The Kier molecular flexibility index (Phi) is 2.63. The highest BCUT2D eigenvalue weighted by atomic mass is 32.2. The van der Waals surface area contributed by atoms with Gasteiger partial charge >= 0.3 is 0 Å². The Balaban J connectivity index is 2.04. The average Bonchev–Trinajstić information content (AvgIpc) is 2.72. The summed E-state index contributed by atoms with van der Waals surface area (Å²) in [5.74, 6) is 0.769. The first kappa shape index (κ1) is 13.9. The highest BCUT2D eigenvalue weighted by Gasteiger charge is 2.75. The highest BCUT2D eigenvalue weighted by Crippen LogP contribution is 2.74. The van der Waals surface area contributed by atoms with Crippen LogP contribution in [0.5, 0.6) is 0 Å². The van der Waals surface area contributed by atoms with Gasteiger partial charge in [0.15, 0.2) is 0 Å². The third-order valence-electron chi connectivity index (χ3n) is 6.63. The Bertz CT molecular complexity index is 647. The molecule has 0 amide bonds. The van der Waals surface area contributed by atoms with Crippen LogP contribution in [0.25, 0.3) is 0 Å². The topological polar surface area (TPSA) is 20.2 Å². The third-order valence-corrected chi connectivity index (χ3v) is 8.05. The van der Waals surface area contributed by atoms with E-state index in [-0.39, 0.29) is 10.2 Å². The molecule has 1 saturated carbocycles. The summed E-state index contributed by atoms with van der Waals surface area (Å²) in [7, 11) is 0. The molecule has 0 saturated heterocycles. The van der Waals surface area contributed by atoms with Crippen molar-refractivity contribution in [2.24, 2.45) is 17.3 Å². The van der Waals surface area contributed by atoms with Gasteiger partial charge in [-0.1, -0.05) is 49.8 Å². The van der Waals surface area contributed by atoms with E-state index in [2.05, 4.69) is 57.4 Å². The lowest BCUT2D eigenvalue weighted by atomic mass is 9.65. The molecular formula is C19H24OS. The molecule has 1 aromatic rings. The standard InChI is InChI=1S/C19H24OS/c1-12-9-10-15-17(2,3)16(12)18(21-4)11-13-7-5-6-8-14(13)19(15,18)20/h5-9,15-16,20H,10-11H2,1-4H3. The molecular weight excluding hydrogens is 276 g/mol. The zero-order chi connectivity index (χ0) is 15.0. The third kappa shape index (κ3) is 1.31. The van der Waals surface area contributed by atoms with Crippen LogP contribution < -0.4 is 0 Å². The molecule has 1 N–H and O–H groups in total. The van der Waals surface area contributed by atoms with E-state index >= 15 is 0 Å². The van der Waals surface area contributed by atoms with E-state index in [0.29, 0.717) is 11.8 Å². The SMILES string of the molecule is CSC12Cc3ccccc3C1(O)C1CC=C(C)C2C1(C)C. The van der Waals surface area contributed by atoms with Gasteiger partial charge in [-0.3, -0.25) is 0 Å². The number of allylic oxidation sites excluding steroid dienone is 2. The smallest absolute Gasteiger partial charge is 0.109 e. The van der Waals surface area contributed by atoms with Crippen molar-refractivity contribution in [3.8, 4) is 0 Å². The molecule has 3 aliphatic rings. The number of benzene rings is 1. The monoisotopic (exact) mass is 300 g/mol. The van der Waals surface area contributed by atoms with Crippen LogP contribution in [0.15, 0.2) is 35.9 Å². The van der Waals surface area contributed by atoms with Crippen molar-refractivity contribution >= 4 is 11.8 Å². The minimum absolute atomic E-state index is 0.0953. The van der Waals surface area contributed by atoms with Crippen LogP contribution in [0.2, 0.25) is 0 Å². The average molecular weight is 300 g/mol. The first-order valence-corrected chi connectivity index (χ1v) is 9.14. The van der Waals surface area contributed by atoms with Crippen LogP contribution in [0.4, 0.5) is 0 Å². The Hall–Kier alpha value is -0.730. The van der Waals surface area contributed by atoms with Crippen molar-refractivity contribution < 1.29 is 5.11 Å². The zero-order valence-electron chi connectivity index (χ0n) is 13.3. The summed E-state index contributed by atoms with van der Waals surface area (Å²) >= 11 is 1.90. The molecule has 1 nitrogen and oxygen atoms in total. The molecule has 4 unspecified atom stereocenters. The van der Waals surface area contributed by atoms with Crippen LogP contribution in [0.3, 0.4) is 0 Å². The minimum Gasteiger partial charge on any atom is -0.383 e. The molecule has 2 heteroatoms. The van der Waals surface area contributed by atoms with Crippen molar-refractivity contribution in [2.75, 3.05) is 6.26 Å². The lowest BCUT2D eigenvalue weighted by molar-refractivity contribution is -0.0349. The lowest BCUT2D eigenvalue weighted by Gasteiger charge is -2.42. The summed E-state index contributed by atoms with van der Waals surface area (Å²) < 4.78 is -0.0953. The summed E-state index contributed by atoms with van der Waals surface area (Å²) in [6.45, 7) is 7.01. The number of rotatable bonds is 1. The maximum absolute atomic E-state index is 12.0. The van der Waals surface area contributed by atoms with Crippen molar-refractivity contribution in [3.05, 3.63) is 47.0 Å². The number of aliphatic hydroxyl groups is 1. The van der Waals surface area contributed by atoms with Gasteiger partial charge in [0.2, 0.25) is 0 Å². The second-order valence-electron chi connectivity index (χ2n) is 7.68. The molecule has 3 aliphatic carbocycles. The van der Waals surface area contributed by atoms with Crippen LogP contribution in [-0.2, 0) is 12.0 Å². The maximum Gasteiger partial charge on any atom is 0.109 e. The molecule has 0 spiro atoms. The van der Waals surface area contributed by atoms with E-state index in [1.807, 2.05) is 11.8 Å². The number of fused-ring (bicyclic) bond motifs is 7. The van der Waals surface area contributed by atoms with E-state index in [1.54, 1.807) is 0 Å². The van der Waals surface area contributed by atoms with Gasteiger partial charge < -0.3 is 5.11 Å². The Morgan fingerprint density at radius 1 is 1.24 bits per heavy atom. The van der Waals surface area contributed by atoms with Gasteiger partial charge in [0.25, 0.3) is 0 Å². The Labute approximate surface area is 131 Å². The predicted molar refractivity (Wildman–Crippen MR) is 89.4 cm³/mol. The quantitative estimate of drug-likeness (QED) is 0.786. The van der Waals surface area contributed by atoms with E-state index < -0.39 is 5.60 Å². The fourth-order valence-corrected chi connectivity index (χ4v) is 7.62. The molecule has 0 heterocycles. The normalized spacial score (nSPS) is 42.4. The van der Waals surface area contributed by atoms with Crippen LogP contribution in [-0.4, -0.2) is 16.1 Å². The van der Waals surface area contributed by atoms with E-state index in [0.717, 1.165) is 12.8 Å². The molecule has 0 aromatic heterocycles. The first-order valence-electron chi connectivity index (χ1n) is 7.92. The molecule has 4 atom stereocenters. The fourth-order valence-electron chi connectivity index (χ4n) is 6.03. The van der Waals surface area contributed by atoms with Crippen molar-refractivity contribution in [1.82, 2.24) is 0 Å². The van der Waals surface area contributed by atoms with Gasteiger partial charge in [0.05, 0.1) is 4.75 Å². The van der Waals surface area contributed by atoms with Crippen LogP contribution in [0, 0.1) is 17.3 Å². The summed E-state index contributed by atoms with van der Waals surface area (Å²) in [4.78, 5) is 0. The number of hydrogen-bond acceptors (Lipinski definition) is 2. The van der Waals surface area contributed by atoms with E-state index in [4.69, 9.17) is 0 Å².